The molecular weight excluding hydrogens is 404 g/mol. The summed E-state index contributed by atoms with van der Waals surface area (Å²) in [6.45, 7) is 5.29. The zero-order valence-corrected chi connectivity index (χ0v) is 18.2. The molecule has 164 valence electrons. The van der Waals surface area contributed by atoms with Crippen LogP contribution < -0.4 is 10.9 Å². The molecule has 2 aromatic carbocycles. The molecule has 0 spiro atoms. The lowest BCUT2D eigenvalue weighted by Gasteiger charge is -2.12. The van der Waals surface area contributed by atoms with Crippen LogP contribution in [0.25, 0.3) is 5.65 Å². The van der Waals surface area contributed by atoms with Gasteiger partial charge in [-0.05, 0) is 30.5 Å². The van der Waals surface area contributed by atoms with Gasteiger partial charge in [-0.25, -0.2) is 9.50 Å². The maximum Gasteiger partial charge on any atom is 0.266 e. The number of nitrogens with zero attached hydrogens (tertiary/aromatic N) is 2. The number of ether oxygens (including phenoxy) is 1. The van der Waals surface area contributed by atoms with Crippen molar-refractivity contribution < 1.29 is 9.53 Å². The number of H-pyrrole nitrogens is 1. The molecule has 2 N–H and O–H groups in total. The molecule has 2 aromatic heterocycles. The molecule has 0 bridgehead atoms. The second kappa shape index (κ2) is 9.62. The topological polar surface area (TPSA) is 88.5 Å². The number of nitrogens with one attached hydrogen (secondary N) is 2. The number of rotatable bonds is 8. The fourth-order valence-corrected chi connectivity index (χ4v) is 3.65. The Bertz CT molecular complexity index is 1270. The molecule has 32 heavy (non-hydrogen) atoms. The first kappa shape index (κ1) is 21.5. The van der Waals surface area contributed by atoms with Gasteiger partial charge in [0, 0.05) is 29.6 Å². The number of amides is 1. The van der Waals surface area contributed by atoms with Crippen LogP contribution in [0.5, 0.6) is 0 Å². The summed E-state index contributed by atoms with van der Waals surface area (Å²) in [6, 6.07) is 19.5. The Morgan fingerprint density at radius 1 is 1.00 bits per heavy atom. The van der Waals surface area contributed by atoms with E-state index in [1.54, 1.807) is 4.52 Å². The lowest BCUT2D eigenvalue weighted by atomic mass is 10.1. The highest BCUT2D eigenvalue weighted by molar-refractivity contribution is 5.79. The Balaban J connectivity index is 1.29. The van der Waals surface area contributed by atoms with E-state index >= 15 is 0 Å². The summed E-state index contributed by atoms with van der Waals surface area (Å²) >= 11 is 0. The zero-order valence-electron chi connectivity index (χ0n) is 18.2. The second-order valence-electron chi connectivity index (χ2n) is 7.82. The van der Waals surface area contributed by atoms with Gasteiger partial charge < -0.3 is 10.1 Å². The van der Waals surface area contributed by atoms with Crippen LogP contribution in [0.3, 0.4) is 0 Å². The molecule has 7 nitrogen and oxygen atoms in total. The number of aryl methyl sites for hydroxylation is 2. The lowest BCUT2D eigenvalue weighted by Crippen LogP contribution is -2.26. The largest absolute Gasteiger partial charge is 0.372 e. The van der Waals surface area contributed by atoms with Crippen molar-refractivity contribution in [1.29, 1.82) is 0 Å². The van der Waals surface area contributed by atoms with Crippen molar-refractivity contribution in [2.24, 2.45) is 0 Å². The molecular formula is C25H26N4O3. The molecule has 4 aromatic rings. The second-order valence-corrected chi connectivity index (χ2v) is 7.82. The summed E-state index contributed by atoms with van der Waals surface area (Å²) in [5.74, 6) is -0.0953. The number of benzene rings is 2. The number of aromatic amines is 1. The maximum atomic E-state index is 12.5. The number of carbonyl (C=O) groups is 1. The van der Waals surface area contributed by atoms with E-state index in [-0.39, 0.29) is 17.9 Å². The van der Waals surface area contributed by atoms with Gasteiger partial charge in [0.05, 0.1) is 19.6 Å². The average molecular weight is 431 g/mol. The van der Waals surface area contributed by atoms with Crippen molar-refractivity contribution in [3.8, 4) is 0 Å². The van der Waals surface area contributed by atoms with Crippen LogP contribution in [0.2, 0.25) is 0 Å². The van der Waals surface area contributed by atoms with E-state index in [4.69, 9.17) is 4.74 Å². The summed E-state index contributed by atoms with van der Waals surface area (Å²) in [4.78, 5) is 28.5. The van der Waals surface area contributed by atoms with Gasteiger partial charge in [0.1, 0.15) is 0 Å². The van der Waals surface area contributed by atoms with Crippen LogP contribution in [-0.2, 0) is 35.7 Å². The fourth-order valence-electron chi connectivity index (χ4n) is 3.65. The smallest absolute Gasteiger partial charge is 0.266 e. The molecule has 1 amide bonds. The average Bonchev–Trinajstić information content (AvgIpc) is 3.17. The molecule has 0 aliphatic rings. The normalized spacial score (nSPS) is 11.1. The van der Waals surface area contributed by atoms with Crippen molar-refractivity contribution in [2.75, 3.05) is 0 Å². The van der Waals surface area contributed by atoms with Crippen molar-refractivity contribution in [2.45, 2.75) is 40.0 Å². The molecule has 0 aliphatic heterocycles. The molecule has 7 heteroatoms. The van der Waals surface area contributed by atoms with Crippen molar-refractivity contribution in [3.63, 3.8) is 0 Å². The Morgan fingerprint density at radius 3 is 2.38 bits per heavy atom. The van der Waals surface area contributed by atoms with E-state index in [9.17, 15) is 9.59 Å². The van der Waals surface area contributed by atoms with E-state index in [0.717, 1.165) is 33.6 Å². The van der Waals surface area contributed by atoms with Crippen LogP contribution in [-0.4, -0.2) is 20.5 Å². The Hall–Kier alpha value is -3.71. The first-order valence-corrected chi connectivity index (χ1v) is 10.5. The van der Waals surface area contributed by atoms with E-state index in [0.29, 0.717) is 25.4 Å². The highest BCUT2D eigenvalue weighted by Gasteiger charge is 2.14. The van der Waals surface area contributed by atoms with Gasteiger partial charge in [0.25, 0.3) is 5.56 Å². The molecule has 0 saturated carbocycles. The first-order chi connectivity index (χ1) is 15.5. The van der Waals surface area contributed by atoms with Crippen molar-refractivity contribution in [3.05, 3.63) is 105 Å². The molecule has 0 radical (unpaired) electrons. The summed E-state index contributed by atoms with van der Waals surface area (Å²) in [7, 11) is 0. The highest BCUT2D eigenvalue weighted by atomic mass is 16.5. The standard InChI is InChI=1S/C25H26N4O3/c1-17-22(18(2)29-23(27-17)13-25(31)28-29)12-24(30)26-14-19-8-10-21(11-9-19)16-32-15-20-6-4-3-5-7-20/h3-11,13H,12,14-16H2,1-2H3,(H,26,30)(H,28,31). The molecule has 0 aliphatic carbocycles. The van der Waals surface area contributed by atoms with Gasteiger partial charge in [-0.1, -0.05) is 54.6 Å². The Morgan fingerprint density at radius 2 is 1.66 bits per heavy atom. The van der Waals surface area contributed by atoms with Gasteiger partial charge in [-0.15, -0.1) is 0 Å². The number of hydrogen-bond acceptors (Lipinski definition) is 4. The molecule has 0 unspecified atom stereocenters. The molecule has 0 saturated heterocycles. The molecule has 0 atom stereocenters. The van der Waals surface area contributed by atoms with Crippen molar-refractivity contribution in [1.82, 2.24) is 19.9 Å². The summed E-state index contributed by atoms with van der Waals surface area (Å²) in [6.07, 6.45) is 0.201. The van der Waals surface area contributed by atoms with E-state index in [1.807, 2.05) is 68.4 Å². The lowest BCUT2D eigenvalue weighted by molar-refractivity contribution is -0.120. The van der Waals surface area contributed by atoms with Gasteiger partial charge in [-0.3, -0.25) is 14.7 Å². The number of hydrogen-bond donors (Lipinski definition) is 2. The highest BCUT2D eigenvalue weighted by Crippen LogP contribution is 2.14. The predicted molar refractivity (Wildman–Crippen MR) is 122 cm³/mol. The Kier molecular flexibility index (Phi) is 6.47. The van der Waals surface area contributed by atoms with Crippen molar-refractivity contribution >= 4 is 11.6 Å². The number of fused-ring (bicyclic) bond motifs is 1. The van der Waals surface area contributed by atoms with Crippen LogP contribution in [0, 0.1) is 13.8 Å². The van der Waals surface area contributed by atoms with E-state index in [1.165, 1.54) is 6.07 Å². The monoisotopic (exact) mass is 430 g/mol. The van der Waals surface area contributed by atoms with Gasteiger partial charge in [0.2, 0.25) is 5.91 Å². The minimum absolute atomic E-state index is 0.0953. The quantitative estimate of drug-likeness (QED) is 0.449. The predicted octanol–water partition coefficient (Wildman–Crippen LogP) is 3.22. The Labute approximate surface area is 186 Å². The van der Waals surface area contributed by atoms with Crippen LogP contribution >= 0.6 is 0 Å². The van der Waals surface area contributed by atoms with Crippen LogP contribution in [0.1, 0.15) is 33.6 Å². The zero-order chi connectivity index (χ0) is 22.5. The summed E-state index contributed by atoms with van der Waals surface area (Å²) in [5.41, 5.74) is 5.96. The van der Waals surface area contributed by atoms with Gasteiger partial charge >= 0.3 is 0 Å². The first-order valence-electron chi connectivity index (χ1n) is 10.5. The third-order valence-corrected chi connectivity index (χ3v) is 5.43. The fraction of sp³-hybridized carbons (Fsp3) is 0.240. The van der Waals surface area contributed by atoms with Crippen LogP contribution in [0.15, 0.2) is 65.5 Å². The van der Waals surface area contributed by atoms with Gasteiger partial charge in [-0.2, -0.15) is 0 Å². The molecule has 4 rings (SSSR count). The molecule has 2 heterocycles. The third kappa shape index (κ3) is 5.12. The summed E-state index contributed by atoms with van der Waals surface area (Å²) in [5, 5.41) is 5.67. The van der Waals surface area contributed by atoms with E-state index in [2.05, 4.69) is 15.4 Å². The minimum Gasteiger partial charge on any atom is -0.372 e. The van der Waals surface area contributed by atoms with Gasteiger partial charge in [0.15, 0.2) is 5.65 Å². The maximum absolute atomic E-state index is 12.5. The van der Waals surface area contributed by atoms with E-state index < -0.39 is 0 Å². The number of aromatic nitrogens is 3. The summed E-state index contributed by atoms with van der Waals surface area (Å²) < 4.78 is 7.39. The number of carbonyl (C=O) groups excluding carboxylic acids is 1. The minimum atomic E-state index is -0.212. The molecule has 0 fully saturated rings. The third-order valence-electron chi connectivity index (χ3n) is 5.43. The van der Waals surface area contributed by atoms with Crippen LogP contribution in [0.4, 0.5) is 0 Å². The SMILES string of the molecule is Cc1nc2cc(=O)[nH]n2c(C)c1CC(=O)NCc1ccc(COCc2ccccc2)cc1.